The molecule has 1 aromatic heterocycles. The van der Waals surface area contributed by atoms with Crippen molar-refractivity contribution in [1.82, 2.24) is 20.2 Å². The monoisotopic (exact) mass is 496 g/mol. The molecule has 11 heteroatoms. The molecule has 0 aliphatic rings. The van der Waals surface area contributed by atoms with Gasteiger partial charge in [0.05, 0.1) is 48.9 Å². The summed E-state index contributed by atoms with van der Waals surface area (Å²) in [4.78, 5) is 46.2. The summed E-state index contributed by atoms with van der Waals surface area (Å²) in [6.07, 6.45) is 2.72. The molecule has 198 valence electrons. The van der Waals surface area contributed by atoms with Gasteiger partial charge in [-0.15, -0.1) is 0 Å². The Hall–Kier alpha value is -2.47. The lowest BCUT2D eigenvalue weighted by atomic mass is 10.0. The Kier molecular flexibility index (Phi) is 14.2. The van der Waals surface area contributed by atoms with Crippen LogP contribution in [0.5, 0.6) is 0 Å². The normalized spacial score (nSPS) is 14.6. The topological polar surface area (TPSA) is 173 Å². The van der Waals surface area contributed by atoms with E-state index in [0.29, 0.717) is 37.1 Å². The number of aliphatic hydroxyl groups is 4. The number of amides is 3. The maximum atomic E-state index is 12.5. The molecule has 0 unspecified atom stereocenters. The van der Waals surface area contributed by atoms with Crippen LogP contribution < -0.4 is 5.32 Å². The van der Waals surface area contributed by atoms with Crippen molar-refractivity contribution in [1.29, 1.82) is 0 Å². The van der Waals surface area contributed by atoms with Crippen molar-refractivity contribution in [3.05, 3.63) is 23.8 Å². The van der Waals surface area contributed by atoms with E-state index >= 15 is 0 Å². The van der Waals surface area contributed by atoms with Crippen LogP contribution in [0.15, 0.2) is 12.4 Å². The van der Waals surface area contributed by atoms with Gasteiger partial charge in [0.1, 0.15) is 0 Å². The van der Waals surface area contributed by atoms with E-state index in [1.54, 1.807) is 13.8 Å². The van der Waals surface area contributed by atoms with Gasteiger partial charge < -0.3 is 25.7 Å². The van der Waals surface area contributed by atoms with Crippen molar-refractivity contribution in [3.63, 3.8) is 0 Å². The molecule has 1 rings (SSSR count). The zero-order valence-corrected chi connectivity index (χ0v) is 20.9. The molecule has 3 amide bonds. The minimum Gasteiger partial charge on any atom is -0.394 e. The molecular weight excluding hydrogens is 456 g/mol. The lowest BCUT2D eigenvalue weighted by molar-refractivity contribution is -0.152. The molecule has 1 aromatic rings. The highest BCUT2D eigenvalue weighted by molar-refractivity contribution is 5.95. The largest absolute Gasteiger partial charge is 0.394 e. The quantitative estimate of drug-likeness (QED) is 0.209. The molecule has 0 fully saturated rings. The molecule has 4 atom stereocenters. The van der Waals surface area contributed by atoms with Crippen LogP contribution in [0.2, 0.25) is 0 Å². The summed E-state index contributed by atoms with van der Waals surface area (Å²) in [7, 11) is 0. The van der Waals surface area contributed by atoms with Gasteiger partial charge in [-0.3, -0.25) is 29.3 Å². The molecule has 0 radical (unpaired) electrons. The Morgan fingerprint density at radius 2 is 1.31 bits per heavy atom. The van der Waals surface area contributed by atoms with E-state index in [4.69, 9.17) is 0 Å². The van der Waals surface area contributed by atoms with Crippen LogP contribution in [0, 0.1) is 0 Å². The second-order valence-corrected chi connectivity index (χ2v) is 8.56. The van der Waals surface area contributed by atoms with Gasteiger partial charge in [0.15, 0.2) is 0 Å². The van der Waals surface area contributed by atoms with Gasteiger partial charge in [-0.2, -0.15) is 0 Å². The number of imide groups is 1. The first-order valence-electron chi connectivity index (χ1n) is 12.2. The number of carbonyl (C=O) groups excluding carboxylic acids is 3. The highest BCUT2D eigenvalue weighted by Gasteiger charge is 2.33. The van der Waals surface area contributed by atoms with Crippen molar-refractivity contribution >= 4 is 17.7 Å². The number of nitrogens with one attached hydrogen (secondary N) is 1. The van der Waals surface area contributed by atoms with Crippen LogP contribution in [0.3, 0.4) is 0 Å². The van der Waals surface area contributed by atoms with Crippen LogP contribution in [0.25, 0.3) is 0 Å². The number of aromatic nitrogens is 2. The Morgan fingerprint density at radius 3 is 1.71 bits per heavy atom. The summed E-state index contributed by atoms with van der Waals surface area (Å²) in [6, 6.07) is -1.94. The number of aliphatic hydroxyl groups excluding tert-OH is 4. The third kappa shape index (κ3) is 9.96. The minimum absolute atomic E-state index is 0.0392. The maximum Gasteiger partial charge on any atom is 0.229 e. The van der Waals surface area contributed by atoms with Gasteiger partial charge in [0.2, 0.25) is 17.7 Å². The maximum absolute atomic E-state index is 12.5. The van der Waals surface area contributed by atoms with Gasteiger partial charge in [0.25, 0.3) is 0 Å². The van der Waals surface area contributed by atoms with E-state index in [2.05, 4.69) is 15.3 Å². The van der Waals surface area contributed by atoms with E-state index in [1.165, 1.54) is 12.4 Å². The molecule has 0 saturated heterocycles. The van der Waals surface area contributed by atoms with Gasteiger partial charge >= 0.3 is 0 Å². The second kappa shape index (κ2) is 16.2. The van der Waals surface area contributed by atoms with Crippen molar-refractivity contribution in [2.75, 3.05) is 13.2 Å². The predicted molar refractivity (Wildman–Crippen MR) is 128 cm³/mol. The van der Waals surface area contributed by atoms with Crippen molar-refractivity contribution < 1.29 is 34.8 Å². The fraction of sp³-hybridized carbons (Fsp3) is 0.708. The predicted octanol–water partition coefficient (Wildman–Crippen LogP) is -0.123. The fourth-order valence-electron chi connectivity index (χ4n) is 3.62. The first kappa shape index (κ1) is 30.6. The summed E-state index contributed by atoms with van der Waals surface area (Å²) in [5.41, 5.74) is 0.783. The third-order valence-electron chi connectivity index (χ3n) is 5.51. The number of hydrogen-bond acceptors (Lipinski definition) is 9. The molecule has 0 saturated carbocycles. The van der Waals surface area contributed by atoms with Crippen molar-refractivity contribution in [2.24, 2.45) is 0 Å². The Labute approximate surface area is 206 Å². The summed E-state index contributed by atoms with van der Waals surface area (Å²) in [5, 5.41) is 43.1. The average Bonchev–Trinajstić information content (AvgIpc) is 2.82. The first-order chi connectivity index (χ1) is 16.7. The Morgan fingerprint density at radius 1 is 0.829 bits per heavy atom. The number of rotatable bonds is 16. The van der Waals surface area contributed by atoms with E-state index in [0.717, 1.165) is 4.90 Å². The molecule has 5 N–H and O–H groups in total. The first-order valence-corrected chi connectivity index (χ1v) is 12.2. The standard InChI is InChI=1S/C24H40N4O7/c1-4-7-22(33)27-18(14-29)20(31)10-16-12-26-17(13-25-16)11-21(32)19(15-30)28(23(34)8-5-2)24(35)9-6-3/h12-13,18-21,29-32H,4-11,14-15H2,1-3H3,(H,27,33)/t18-,19-,20-,21-/m0/s1. The molecule has 1 heterocycles. The lowest BCUT2D eigenvalue weighted by Gasteiger charge is -2.32. The highest BCUT2D eigenvalue weighted by atomic mass is 16.3. The summed E-state index contributed by atoms with van der Waals surface area (Å²) in [5.74, 6) is -1.14. The fourth-order valence-corrected chi connectivity index (χ4v) is 3.62. The van der Waals surface area contributed by atoms with E-state index in [9.17, 15) is 34.8 Å². The summed E-state index contributed by atoms with van der Waals surface area (Å²) < 4.78 is 0. The Bertz CT molecular complexity index is 773. The average molecular weight is 497 g/mol. The SMILES string of the molecule is CCCC(=O)N[C@@H](CO)[C@@H](O)Cc1cnc(C[C@H](O)[C@H](CO)N(C(=O)CCC)C(=O)CCC)cn1. The lowest BCUT2D eigenvalue weighted by Crippen LogP contribution is -2.52. The van der Waals surface area contributed by atoms with E-state index in [-0.39, 0.29) is 31.6 Å². The van der Waals surface area contributed by atoms with Crippen LogP contribution >= 0.6 is 0 Å². The summed E-state index contributed by atoms with van der Waals surface area (Å²) in [6.45, 7) is 4.45. The zero-order chi connectivity index (χ0) is 26.4. The van der Waals surface area contributed by atoms with Gasteiger partial charge in [0, 0.05) is 44.5 Å². The van der Waals surface area contributed by atoms with Crippen LogP contribution in [0.4, 0.5) is 0 Å². The van der Waals surface area contributed by atoms with E-state index in [1.807, 2.05) is 6.92 Å². The number of hydrogen-bond donors (Lipinski definition) is 5. The number of nitrogens with zero attached hydrogens (tertiary/aromatic N) is 3. The van der Waals surface area contributed by atoms with Gasteiger partial charge in [-0.25, -0.2) is 0 Å². The van der Waals surface area contributed by atoms with Crippen LogP contribution in [-0.2, 0) is 27.2 Å². The molecule has 0 aliphatic heterocycles. The third-order valence-corrected chi connectivity index (χ3v) is 5.51. The van der Waals surface area contributed by atoms with Crippen LogP contribution in [-0.4, -0.2) is 90.5 Å². The van der Waals surface area contributed by atoms with Gasteiger partial charge in [-0.1, -0.05) is 20.8 Å². The van der Waals surface area contributed by atoms with Crippen molar-refractivity contribution in [2.45, 2.75) is 96.4 Å². The smallest absolute Gasteiger partial charge is 0.229 e. The number of carbonyl (C=O) groups is 3. The molecule has 35 heavy (non-hydrogen) atoms. The zero-order valence-electron chi connectivity index (χ0n) is 20.9. The second-order valence-electron chi connectivity index (χ2n) is 8.56. The molecule has 11 nitrogen and oxygen atoms in total. The van der Waals surface area contributed by atoms with Gasteiger partial charge in [-0.05, 0) is 19.3 Å². The molecule has 0 bridgehead atoms. The van der Waals surface area contributed by atoms with Crippen molar-refractivity contribution in [3.8, 4) is 0 Å². The molecular formula is C24H40N4O7. The highest BCUT2D eigenvalue weighted by Crippen LogP contribution is 2.15. The molecule has 0 aromatic carbocycles. The Balaban J connectivity index is 2.86. The molecule has 0 aliphatic carbocycles. The minimum atomic E-state index is -1.25. The van der Waals surface area contributed by atoms with E-state index < -0.39 is 49.3 Å². The van der Waals surface area contributed by atoms with Crippen LogP contribution in [0.1, 0.15) is 70.7 Å². The summed E-state index contributed by atoms with van der Waals surface area (Å²) >= 11 is 0. The molecule has 0 spiro atoms.